The molecule has 0 spiro atoms. The van der Waals surface area contributed by atoms with Crippen molar-refractivity contribution in [1.82, 2.24) is 0 Å². The molecule has 0 heterocycles. The first-order chi connectivity index (χ1) is 10.1. The van der Waals surface area contributed by atoms with Crippen LogP contribution in [0.2, 0.25) is 0 Å². The molecule has 1 aliphatic carbocycles. The van der Waals surface area contributed by atoms with Crippen LogP contribution >= 0.6 is 0 Å². The summed E-state index contributed by atoms with van der Waals surface area (Å²) in [5, 5.41) is 0. The van der Waals surface area contributed by atoms with Gasteiger partial charge in [-0.2, -0.15) is 0 Å². The van der Waals surface area contributed by atoms with Gasteiger partial charge in [-0.3, -0.25) is 9.59 Å². The summed E-state index contributed by atoms with van der Waals surface area (Å²) in [5.41, 5.74) is 2.17. The van der Waals surface area contributed by atoms with Crippen molar-refractivity contribution in [2.24, 2.45) is 0 Å². The van der Waals surface area contributed by atoms with Gasteiger partial charge in [0.15, 0.2) is 11.6 Å². The standard InChI is InChI=1S/C17H14O4/c1-9-7-8-12(21-3)15-13(9)17(19)14-10(16(15)18)5-4-6-11(14)20-2/h4-8H,1-3H3. The lowest BCUT2D eigenvalue weighted by molar-refractivity contribution is 0.0973. The molecule has 2 aromatic rings. The molecule has 21 heavy (non-hydrogen) atoms. The Labute approximate surface area is 122 Å². The summed E-state index contributed by atoms with van der Waals surface area (Å²) in [7, 11) is 2.98. The number of ketones is 2. The Kier molecular flexibility index (Phi) is 3.01. The van der Waals surface area contributed by atoms with Gasteiger partial charge in [0.05, 0.1) is 25.3 Å². The van der Waals surface area contributed by atoms with E-state index in [1.807, 2.05) is 6.92 Å². The van der Waals surface area contributed by atoms with Gasteiger partial charge >= 0.3 is 0 Å². The topological polar surface area (TPSA) is 52.6 Å². The lowest BCUT2D eigenvalue weighted by Crippen LogP contribution is -2.23. The lowest BCUT2D eigenvalue weighted by atomic mass is 9.81. The fraction of sp³-hybridized carbons (Fsp3) is 0.176. The number of aryl methyl sites for hydroxylation is 1. The predicted octanol–water partition coefficient (Wildman–Crippen LogP) is 2.79. The predicted molar refractivity (Wildman–Crippen MR) is 77.6 cm³/mol. The highest BCUT2D eigenvalue weighted by Crippen LogP contribution is 2.38. The maximum atomic E-state index is 12.8. The van der Waals surface area contributed by atoms with Gasteiger partial charge in [0.1, 0.15) is 11.5 Å². The summed E-state index contributed by atoms with van der Waals surface area (Å²) < 4.78 is 10.5. The summed E-state index contributed by atoms with van der Waals surface area (Å²) >= 11 is 0. The van der Waals surface area contributed by atoms with Crippen molar-refractivity contribution in [3.63, 3.8) is 0 Å². The normalized spacial score (nSPS) is 12.7. The third-order valence-electron chi connectivity index (χ3n) is 3.77. The van der Waals surface area contributed by atoms with Gasteiger partial charge in [-0.05, 0) is 24.6 Å². The fourth-order valence-corrected chi connectivity index (χ4v) is 2.76. The van der Waals surface area contributed by atoms with E-state index >= 15 is 0 Å². The average molecular weight is 282 g/mol. The summed E-state index contributed by atoms with van der Waals surface area (Å²) in [6, 6.07) is 8.52. The molecule has 0 radical (unpaired) electrons. The molecule has 0 saturated heterocycles. The van der Waals surface area contributed by atoms with Gasteiger partial charge in [-0.25, -0.2) is 0 Å². The van der Waals surface area contributed by atoms with E-state index in [1.165, 1.54) is 14.2 Å². The van der Waals surface area contributed by atoms with E-state index in [0.717, 1.165) is 5.56 Å². The van der Waals surface area contributed by atoms with Crippen LogP contribution in [0, 0.1) is 6.92 Å². The first kappa shape index (κ1) is 13.4. The Morgan fingerprint density at radius 3 is 2.10 bits per heavy atom. The van der Waals surface area contributed by atoms with Gasteiger partial charge < -0.3 is 9.47 Å². The molecule has 3 rings (SSSR count). The number of hydrogen-bond acceptors (Lipinski definition) is 4. The third kappa shape index (κ3) is 1.76. The molecule has 0 aromatic heterocycles. The second-order valence-corrected chi connectivity index (χ2v) is 4.88. The van der Waals surface area contributed by atoms with Gasteiger partial charge in [0, 0.05) is 11.1 Å². The van der Waals surface area contributed by atoms with Crippen LogP contribution in [0.25, 0.3) is 0 Å². The van der Waals surface area contributed by atoms with Crippen molar-refractivity contribution in [2.45, 2.75) is 6.92 Å². The molecule has 1 aliphatic rings. The summed E-state index contributed by atoms with van der Waals surface area (Å²) in [5.74, 6) is 0.425. The van der Waals surface area contributed by atoms with Crippen LogP contribution in [-0.2, 0) is 0 Å². The van der Waals surface area contributed by atoms with Gasteiger partial charge in [-0.15, -0.1) is 0 Å². The minimum Gasteiger partial charge on any atom is -0.496 e. The minimum atomic E-state index is -0.209. The highest BCUT2D eigenvalue weighted by atomic mass is 16.5. The van der Waals surface area contributed by atoms with Crippen molar-refractivity contribution in [3.05, 3.63) is 58.1 Å². The van der Waals surface area contributed by atoms with Crippen LogP contribution in [0.4, 0.5) is 0 Å². The molecule has 4 nitrogen and oxygen atoms in total. The van der Waals surface area contributed by atoms with Gasteiger partial charge in [0.2, 0.25) is 0 Å². The number of fused-ring (bicyclic) bond motifs is 2. The van der Waals surface area contributed by atoms with E-state index < -0.39 is 0 Å². The Morgan fingerprint density at radius 1 is 0.762 bits per heavy atom. The van der Waals surface area contributed by atoms with E-state index in [9.17, 15) is 9.59 Å². The molecule has 0 atom stereocenters. The molecule has 0 saturated carbocycles. The molecule has 0 N–H and O–H groups in total. The zero-order valence-corrected chi connectivity index (χ0v) is 12.0. The molecule has 0 unspecified atom stereocenters. The van der Waals surface area contributed by atoms with Crippen LogP contribution in [0.5, 0.6) is 11.5 Å². The maximum absolute atomic E-state index is 12.8. The molecule has 0 fully saturated rings. The second-order valence-electron chi connectivity index (χ2n) is 4.88. The SMILES string of the molecule is COc1cccc2c1C(=O)c1c(C)ccc(OC)c1C2=O. The molecular formula is C17H14O4. The first-order valence-electron chi connectivity index (χ1n) is 6.54. The monoisotopic (exact) mass is 282 g/mol. The molecule has 0 aliphatic heterocycles. The first-order valence-corrected chi connectivity index (χ1v) is 6.54. The molecule has 106 valence electrons. The van der Waals surface area contributed by atoms with Crippen molar-refractivity contribution in [2.75, 3.05) is 14.2 Å². The van der Waals surface area contributed by atoms with E-state index in [-0.39, 0.29) is 11.6 Å². The van der Waals surface area contributed by atoms with Crippen LogP contribution in [0.3, 0.4) is 0 Å². The van der Waals surface area contributed by atoms with Crippen molar-refractivity contribution in [3.8, 4) is 11.5 Å². The minimum absolute atomic E-state index is 0.201. The Hall–Kier alpha value is -2.62. The number of carbonyl (C=O) groups is 2. The van der Waals surface area contributed by atoms with Crippen LogP contribution < -0.4 is 9.47 Å². The number of ether oxygens (including phenoxy) is 2. The van der Waals surface area contributed by atoms with Gasteiger partial charge in [-0.1, -0.05) is 18.2 Å². The summed E-state index contributed by atoms with van der Waals surface area (Å²) in [4.78, 5) is 25.6. The third-order valence-corrected chi connectivity index (χ3v) is 3.77. The van der Waals surface area contributed by atoms with Crippen molar-refractivity contribution in [1.29, 1.82) is 0 Å². The van der Waals surface area contributed by atoms with E-state index in [0.29, 0.717) is 33.8 Å². The smallest absolute Gasteiger partial charge is 0.198 e. The van der Waals surface area contributed by atoms with Crippen molar-refractivity contribution >= 4 is 11.6 Å². The van der Waals surface area contributed by atoms with Crippen LogP contribution in [0.1, 0.15) is 37.4 Å². The van der Waals surface area contributed by atoms with Crippen LogP contribution in [-0.4, -0.2) is 25.8 Å². The average Bonchev–Trinajstić information content (AvgIpc) is 2.51. The zero-order valence-electron chi connectivity index (χ0n) is 12.0. The number of benzene rings is 2. The molecular weight excluding hydrogens is 268 g/mol. The summed E-state index contributed by atoms with van der Waals surface area (Å²) in [6.45, 7) is 1.81. The molecule has 2 aromatic carbocycles. The molecule has 0 amide bonds. The lowest BCUT2D eigenvalue weighted by Gasteiger charge is -2.22. The van der Waals surface area contributed by atoms with E-state index in [4.69, 9.17) is 9.47 Å². The highest BCUT2D eigenvalue weighted by Gasteiger charge is 2.35. The fourth-order valence-electron chi connectivity index (χ4n) is 2.76. The Balaban J connectivity index is 2.38. The number of hydrogen-bond donors (Lipinski definition) is 0. The maximum Gasteiger partial charge on any atom is 0.198 e. The largest absolute Gasteiger partial charge is 0.496 e. The number of methoxy groups -OCH3 is 2. The molecule has 0 bridgehead atoms. The second kappa shape index (κ2) is 4.74. The van der Waals surface area contributed by atoms with E-state index in [1.54, 1.807) is 30.3 Å². The quantitative estimate of drug-likeness (QED) is 0.725. The number of rotatable bonds is 2. The molecule has 4 heteroatoms. The number of carbonyl (C=O) groups excluding carboxylic acids is 2. The van der Waals surface area contributed by atoms with Crippen molar-refractivity contribution < 1.29 is 19.1 Å². The Morgan fingerprint density at radius 2 is 1.43 bits per heavy atom. The highest BCUT2D eigenvalue weighted by molar-refractivity contribution is 6.30. The zero-order chi connectivity index (χ0) is 15.1. The van der Waals surface area contributed by atoms with E-state index in [2.05, 4.69) is 0 Å². The summed E-state index contributed by atoms with van der Waals surface area (Å²) in [6.07, 6.45) is 0. The Bertz CT molecular complexity index is 775. The van der Waals surface area contributed by atoms with Gasteiger partial charge in [0.25, 0.3) is 0 Å². The van der Waals surface area contributed by atoms with Crippen LogP contribution in [0.15, 0.2) is 30.3 Å².